The maximum absolute atomic E-state index is 12.7. The lowest BCUT2D eigenvalue weighted by atomic mass is 10.1. The normalized spacial score (nSPS) is 20.4. The van der Waals surface area contributed by atoms with E-state index in [0.29, 0.717) is 30.8 Å². The molecule has 1 fully saturated rings. The number of hydrogen-bond donors (Lipinski definition) is 1. The summed E-state index contributed by atoms with van der Waals surface area (Å²) in [6, 6.07) is 2.79. The fraction of sp³-hybridized carbons (Fsp3) is 0.538. The van der Waals surface area contributed by atoms with E-state index < -0.39 is 14.9 Å². The smallest absolute Gasteiger partial charge is 0.273 e. The number of benzene rings is 1. The Morgan fingerprint density at radius 2 is 2.00 bits per heavy atom. The second-order valence-electron chi connectivity index (χ2n) is 5.38. The molecule has 7 nitrogen and oxygen atoms in total. The summed E-state index contributed by atoms with van der Waals surface area (Å²) in [6.07, 6.45) is 0. The molecule has 0 aromatic heterocycles. The van der Waals surface area contributed by atoms with Gasteiger partial charge in [-0.05, 0) is 32.4 Å². The summed E-state index contributed by atoms with van der Waals surface area (Å²) in [5.74, 6) is 0. The Morgan fingerprint density at radius 3 is 2.57 bits per heavy atom. The van der Waals surface area contributed by atoms with Gasteiger partial charge in [0, 0.05) is 37.3 Å². The van der Waals surface area contributed by atoms with Gasteiger partial charge in [0.05, 0.1) is 9.82 Å². The molecule has 0 saturated carbocycles. The van der Waals surface area contributed by atoms with E-state index in [-0.39, 0.29) is 16.6 Å². The third kappa shape index (κ3) is 3.07. The molecule has 1 aromatic rings. The highest BCUT2D eigenvalue weighted by Crippen LogP contribution is 2.28. The number of rotatable bonds is 3. The summed E-state index contributed by atoms with van der Waals surface area (Å²) in [5.41, 5.74) is 0.830. The van der Waals surface area contributed by atoms with Gasteiger partial charge in [-0.25, -0.2) is 8.42 Å². The lowest BCUT2D eigenvalue weighted by Gasteiger charge is -2.31. The highest BCUT2D eigenvalue weighted by molar-refractivity contribution is 7.89. The number of nitrogens with zero attached hydrogens (tertiary/aromatic N) is 2. The third-order valence-corrected chi connectivity index (χ3v) is 5.65. The predicted molar refractivity (Wildman–Crippen MR) is 78.8 cm³/mol. The van der Waals surface area contributed by atoms with Gasteiger partial charge in [0.1, 0.15) is 0 Å². The van der Waals surface area contributed by atoms with Gasteiger partial charge < -0.3 is 5.32 Å². The minimum absolute atomic E-state index is 0.0221. The Morgan fingerprint density at radius 1 is 1.33 bits per heavy atom. The molecule has 1 unspecified atom stereocenters. The molecule has 1 heterocycles. The Balaban J connectivity index is 2.49. The first-order chi connectivity index (χ1) is 9.73. The molecule has 0 aliphatic carbocycles. The number of hydrogen-bond acceptors (Lipinski definition) is 5. The largest absolute Gasteiger partial charge is 0.312 e. The molecule has 0 radical (unpaired) electrons. The van der Waals surface area contributed by atoms with Crippen LogP contribution in [0, 0.1) is 24.0 Å². The lowest BCUT2D eigenvalue weighted by molar-refractivity contribution is -0.385. The van der Waals surface area contributed by atoms with Gasteiger partial charge in [-0.1, -0.05) is 0 Å². The van der Waals surface area contributed by atoms with Crippen LogP contribution in [-0.4, -0.2) is 43.3 Å². The predicted octanol–water partition coefficient (Wildman–Crippen LogP) is 1.19. The Bertz CT molecular complexity index is 672. The molecule has 8 heteroatoms. The standard InChI is InChI=1S/C13H19N3O4S/c1-9-6-10(2)13(7-12(9)16(17)18)21(19,20)15-5-4-14-11(3)8-15/h6-7,11,14H,4-5,8H2,1-3H3. The summed E-state index contributed by atoms with van der Waals surface area (Å²) in [7, 11) is -3.71. The first-order valence-electron chi connectivity index (χ1n) is 6.72. The zero-order chi connectivity index (χ0) is 15.8. The number of nitrogens with one attached hydrogen (secondary N) is 1. The van der Waals surface area contributed by atoms with Gasteiger partial charge in [-0.2, -0.15) is 4.31 Å². The van der Waals surface area contributed by atoms with E-state index >= 15 is 0 Å². The summed E-state index contributed by atoms with van der Waals surface area (Å²) < 4.78 is 26.8. The van der Waals surface area contributed by atoms with Crippen LogP contribution in [0.3, 0.4) is 0 Å². The van der Waals surface area contributed by atoms with Crippen molar-refractivity contribution in [3.05, 3.63) is 33.4 Å². The zero-order valence-corrected chi connectivity index (χ0v) is 13.1. The van der Waals surface area contributed by atoms with E-state index in [1.54, 1.807) is 19.9 Å². The van der Waals surface area contributed by atoms with Crippen molar-refractivity contribution in [2.45, 2.75) is 31.7 Å². The topological polar surface area (TPSA) is 92.6 Å². The fourth-order valence-electron chi connectivity index (χ4n) is 2.55. The number of piperazine rings is 1. The lowest BCUT2D eigenvalue weighted by Crippen LogP contribution is -2.51. The molecule has 1 N–H and O–H groups in total. The molecule has 0 spiro atoms. The van der Waals surface area contributed by atoms with Crippen LogP contribution in [0.15, 0.2) is 17.0 Å². The maximum Gasteiger partial charge on any atom is 0.273 e. The van der Waals surface area contributed by atoms with Gasteiger partial charge in [-0.3, -0.25) is 10.1 Å². The van der Waals surface area contributed by atoms with Crippen LogP contribution >= 0.6 is 0 Å². The van der Waals surface area contributed by atoms with Crippen molar-refractivity contribution in [3.63, 3.8) is 0 Å². The minimum Gasteiger partial charge on any atom is -0.312 e. The van der Waals surface area contributed by atoms with Gasteiger partial charge in [-0.15, -0.1) is 0 Å². The average Bonchev–Trinajstić information content (AvgIpc) is 2.37. The average molecular weight is 313 g/mol. The van der Waals surface area contributed by atoms with Crippen LogP contribution in [0.2, 0.25) is 0 Å². The van der Waals surface area contributed by atoms with Crippen molar-refractivity contribution in [3.8, 4) is 0 Å². The van der Waals surface area contributed by atoms with Crippen molar-refractivity contribution in [1.82, 2.24) is 9.62 Å². The SMILES string of the molecule is Cc1cc(C)c(S(=O)(=O)N2CCNC(C)C2)cc1[N+](=O)[O-]. The molecule has 0 amide bonds. The molecule has 116 valence electrons. The van der Waals surface area contributed by atoms with Crippen molar-refractivity contribution < 1.29 is 13.3 Å². The third-order valence-electron chi connectivity index (χ3n) is 3.64. The number of aryl methyl sites for hydroxylation is 2. The van der Waals surface area contributed by atoms with Crippen molar-refractivity contribution in [2.75, 3.05) is 19.6 Å². The molecule has 1 aromatic carbocycles. The van der Waals surface area contributed by atoms with Crippen molar-refractivity contribution in [1.29, 1.82) is 0 Å². The Kier molecular flexibility index (Phi) is 4.31. The molecule has 0 bridgehead atoms. The fourth-order valence-corrected chi connectivity index (χ4v) is 4.31. The van der Waals surface area contributed by atoms with Gasteiger partial charge in [0.25, 0.3) is 5.69 Å². The van der Waals surface area contributed by atoms with Crippen LogP contribution in [0.1, 0.15) is 18.1 Å². The summed E-state index contributed by atoms with van der Waals surface area (Å²) in [6.45, 7) is 6.49. The van der Waals surface area contributed by atoms with Crippen LogP contribution in [0.25, 0.3) is 0 Å². The van der Waals surface area contributed by atoms with E-state index in [4.69, 9.17) is 0 Å². The molecular weight excluding hydrogens is 294 g/mol. The van der Waals surface area contributed by atoms with Crippen LogP contribution in [0.4, 0.5) is 5.69 Å². The maximum atomic E-state index is 12.7. The highest BCUT2D eigenvalue weighted by atomic mass is 32.2. The highest BCUT2D eigenvalue weighted by Gasteiger charge is 2.31. The van der Waals surface area contributed by atoms with E-state index in [9.17, 15) is 18.5 Å². The van der Waals surface area contributed by atoms with Gasteiger partial charge in [0.2, 0.25) is 10.0 Å². The van der Waals surface area contributed by atoms with Crippen molar-refractivity contribution >= 4 is 15.7 Å². The Labute approximate surface area is 124 Å². The molecule has 1 aliphatic rings. The molecule has 1 aliphatic heterocycles. The summed E-state index contributed by atoms with van der Waals surface area (Å²) in [4.78, 5) is 10.5. The van der Waals surface area contributed by atoms with Gasteiger partial charge >= 0.3 is 0 Å². The van der Waals surface area contributed by atoms with Gasteiger partial charge in [0.15, 0.2) is 0 Å². The first kappa shape index (κ1) is 15.9. The molecule has 2 rings (SSSR count). The van der Waals surface area contributed by atoms with E-state index in [2.05, 4.69) is 5.32 Å². The monoisotopic (exact) mass is 313 g/mol. The van der Waals surface area contributed by atoms with Crippen LogP contribution in [0.5, 0.6) is 0 Å². The number of sulfonamides is 1. The van der Waals surface area contributed by atoms with E-state index in [1.807, 2.05) is 6.92 Å². The minimum atomic E-state index is -3.71. The quantitative estimate of drug-likeness (QED) is 0.668. The molecule has 21 heavy (non-hydrogen) atoms. The van der Waals surface area contributed by atoms with Crippen molar-refractivity contribution in [2.24, 2.45) is 0 Å². The summed E-state index contributed by atoms with van der Waals surface area (Å²) >= 11 is 0. The van der Waals surface area contributed by atoms with E-state index in [0.717, 1.165) is 0 Å². The summed E-state index contributed by atoms with van der Waals surface area (Å²) in [5, 5.41) is 14.2. The first-order valence-corrected chi connectivity index (χ1v) is 8.16. The second kappa shape index (κ2) is 5.70. The molecule has 1 atom stereocenters. The number of nitro groups is 1. The van der Waals surface area contributed by atoms with Crippen LogP contribution < -0.4 is 5.32 Å². The second-order valence-corrected chi connectivity index (χ2v) is 7.29. The van der Waals surface area contributed by atoms with E-state index in [1.165, 1.54) is 10.4 Å². The Hall–Kier alpha value is -1.51. The molecular formula is C13H19N3O4S. The molecule has 1 saturated heterocycles. The zero-order valence-electron chi connectivity index (χ0n) is 12.3. The number of nitro benzene ring substituents is 1. The van der Waals surface area contributed by atoms with Crippen LogP contribution in [-0.2, 0) is 10.0 Å².